The van der Waals surface area contributed by atoms with Crippen molar-refractivity contribution >= 4 is 5.97 Å². The molecule has 0 aromatic heterocycles. The third kappa shape index (κ3) is 18.7. The largest absolute Gasteiger partial charge is 0.459 e. The Kier molecular flexibility index (Phi) is 20.6. The van der Waals surface area contributed by atoms with Crippen LogP contribution in [0.2, 0.25) is 0 Å². The van der Waals surface area contributed by atoms with Gasteiger partial charge in [0.15, 0.2) is 0 Å². The minimum Gasteiger partial charge on any atom is -0.459 e. The lowest BCUT2D eigenvalue weighted by molar-refractivity contribution is -0.153. The quantitative estimate of drug-likeness (QED) is 0.218. The van der Waals surface area contributed by atoms with Crippen LogP contribution in [-0.2, 0) is 14.3 Å². The second-order valence-electron chi connectivity index (χ2n) is 7.96. The zero-order valence-electron chi connectivity index (χ0n) is 18.9. The zero-order valence-corrected chi connectivity index (χ0v) is 18.9. The molecule has 0 aliphatic heterocycles. The maximum absolute atomic E-state index is 11.9. The van der Waals surface area contributed by atoms with Crippen LogP contribution in [0.1, 0.15) is 97.3 Å². The number of hydrogen-bond donors (Lipinski definition) is 1. The van der Waals surface area contributed by atoms with Gasteiger partial charge in [-0.15, -0.1) is 0 Å². The summed E-state index contributed by atoms with van der Waals surface area (Å²) in [7, 11) is 1.92. The van der Waals surface area contributed by atoms with Crippen molar-refractivity contribution in [2.24, 2.45) is 0 Å². The number of aliphatic hydroxyl groups is 1. The van der Waals surface area contributed by atoms with Crippen LogP contribution in [0.4, 0.5) is 0 Å². The first-order chi connectivity index (χ1) is 13.6. The Morgan fingerprint density at radius 3 is 2.04 bits per heavy atom. The van der Waals surface area contributed by atoms with Crippen LogP contribution in [0.25, 0.3) is 0 Å². The number of ether oxygens (including phenoxy) is 2. The van der Waals surface area contributed by atoms with Crippen LogP contribution in [0.15, 0.2) is 0 Å². The molecule has 1 N–H and O–H groups in total. The predicted octanol–water partition coefficient (Wildman–Crippen LogP) is 4.95. The molecular weight excluding hydrogens is 354 g/mol. The second-order valence-corrected chi connectivity index (χ2v) is 7.96. The molecule has 1 atom stereocenters. The van der Waals surface area contributed by atoms with Crippen molar-refractivity contribution in [3.05, 3.63) is 0 Å². The van der Waals surface area contributed by atoms with E-state index in [0.717, 1.165) is 25.9 Å². The molecule has 0 radical (unpaired) electrons. The number of aliphatic hydroxyl groups excluding tert-OH is 1. The number of carbonyl (C=O) groups excluding carboxylic acids is 1. The van der Waals surface area contributed by atoms with Gasteiger partial charge in [-0.3, -0.25) is 4.79 Å². The highest BCUT2D eigenvalue weighted by atomic mass is 16.6. The van der Waals surface area contributed by atoms with E-state index >= 15 is 0 Å². The van der Waals surface area contributed by atoms with Crippen molar-refractivity contribution in [2.75, 3.05) is 40.0 Å². The van der Waals surface area contributed by atoms with Crippen molar-refractivity contribution < 1.29 is 19.4 Å². The van der Waals surface area contributed by atoms with E-state index in [1.165, 1.54) is 57.8 Å². The Labute approximate surface area is 174 Å². The summed E-state index contributed by atoms with van der Waals surface area (Å²) in [5, 5.41) is 9.06. The molecule has 0 aromatic carbocycles. The summed E-state index contributed by atoms with van der Waals surface area (Å²) >= 11 is 0. The Morgan fingerprint density at radius 1 is 0.893 bits per heavy atom. The highest BCUT2D eigenvalue weighted by molar-refractivity contribution is 5.69. The van der Waals surface area contributed by atoms with Gasteiger partial charge in [-0.2, -0.15) is 0 Å². The topological polar surface area (TPSA) is 59.0 Å². The Balaban J connectivity index is 3.80. The number of unbranched alkanes of at least 4 members (excludes halogenated alkanes) is 10. The second kappa shape index (κ2) is 21.1. The normalized spacial score (nSPS) is 12.5. The summed E-state index contributed by atoms with van der Waals surface area (Å²) in [5.41, 5.74) is 0. The van der Waals surface area contributed by atoms with Gasteiger partial charge in [0, 0.05) is 26.1 Å². The van der Waals surface area contributed by atoms with Gasteiger partial charge >= 0.3 is 5.97 Å². The maximum Gasteiger partial charge on any atom is 0.306 e. The Bertz CT molecular complexity index is 339. The number of likely N-dealkylation sites (N-methyl/N-ethyl adjacent to an activating group) is 1. The monoisotopic (exact) mass is 401 g/mol. The van der Waals surface area contributed by atoms with Crippen LogP contribution in [-0.4, -0.2) is 62.0 Å². The van der Waals surface area contributed by atoms with Crippen LogP contribution in [0.5, 0.6) is 0 Å². The van der Waals surface area contributed by atoms with Crippen LogP contribution < -0.4 is 0 Å². The third-order valence-electron chi connectivity index (χ3n) is 4.98. The molecule has 0 spiro atoms. The first kappa shape index (κ1) is 27.4. The molecule has 0 heterocycles. The molecule has 0 bridgehead atoms. The van der Waals surface area contributed by atoms with E-state index < -0.39 is 0 Å². The van der Waals surface area contributed by atoms with Gasteiger partial charge in [0.1, 0.15) is 6.10 Å². The molecule has 0 rings (SSSR count). The Hall–Kier alpha value is -0.650. The number of hydrogen-bond acceptors (Lipinski definition) is 5. The van der Waals surface area contributed by atoms with E-state index in [1.54, 1.807) is 0 Å². The molecule has 0 amide bonds. The predicted molar refractivity (Wildman–Crippen MR) is 117 cm³/mol. The van der Waals surface area contributed by atoms with E-state index in [0.29, 0.717) is 26.1 Å². The molecule has 0 aliphatic carbocycles. The smallest absolute Gasteiger partial charge is 0.306 e. The number of esters is 1. The van der Waals surface area contributed by atoms with E-state index in [2.05, 4.69) is 13.8 Å². The average Bonchev–Trinajstić information content (AvgIpc) is 2.67. The Morgan fingerprint density at radius 2 is 1.46 bits per heavy atom. The van der Waals surface area contributed by atoms with Gasteiger partial charge in [0.05, 0.1) is 13.2 Å². The molecule has 1 unspecified atom stereocenters. The SMILES string of the molecule is CCCCCCCCCCCCOCC(CN(C)CCO)OC(=O)CCCC. The number of rotatable bonds is 21. The van der Waals surface area contributed by atoms with Crippen molar-refractivity contribution in [1.82, 2.24) is 4.90 Å². The molecule has 0 aromatic rings. The molecule has 168 valence electrons. The van der Waals surface area contributed by atoms with Crippen molar-refractivity contribution in [1.29, 1.82) is 0 Å². The van der Waals surface area contributed by atoms with E-state index in [1.807, 2.05) is 11.9 Å². The number of nitrogens with zero attached hydrogens (tertiary/aromatic N) is 1. The van der Waals surface area contributed by atoms with Gasteiger partial charge < -0.3 is 19.5 Å². The summed E-state index contributed by atoms with van der Waals surface area (Å²) < 4.78 is 11.4. The zero-order chi connectivity index (χ0) is 20.9. The van der Waals surface area contributed by atoms with Crippen LogP contribution >= 0.6 is 0 Å². The lowest BCUT2D eigenvalue weighted by atomic mass is 10.1. The maximum atomic E-state index is 11.9. The van der Waals surface area contributed by atoms with E-state index in [4.69, 9.17) is 14.6 Å². The van der Waals surface area contributed by atoms with Crippen LogP contribution in [0.3, 0.4) is 0 Å². The summed E-state index contributed by atoms with van der Waals surface area (Å²) in [4.78, 5) is 13.9. The van der Waals surface area contributed by atoms with Gasteiger partial charge in [-0.05, 0) is 19.9 Å². The summed E-state index contributed by atoms with van der Waals surface area (Å²) in [6, 6.07) is 0. The third-order valence-corrected chi connectivity index (χ3v) is 4.98. The first-order valence-electron chi connectivity index (χ1n) is 11.7. The highest BCUT2D eigenvalue weighted by Gasteiger charge is 2.16. The van der Waals surface area contributed by atoms with Gasteiger partial charge in [0.2, 0.25) is 0 Å². The minimum absolute atomic E-state index is 0.104. The van der Waals surface area contributed by atoms with E-state index in [9.17, 15) is 4.79 Å². The fourth-order valence-electron chi connectivity index (χ4n) is 3.21. The fraction of sp³-hybridized carbons (Fsp3) is 0.957. The summed E-state index contributed by atoms with van der Waals surface area (Å²) in [6.07, 6.45) is 15.2. The lowest BCUT2D eigenvalue weighted by Gasteiger charge is -2.23. The molecule has 0 aliphatic rings. The minimum atomic E-state index is -0.260. The van der Waals surface area contributed by atoms with Crippen molar-refractivity contribution in [3.8, 4) is 0 Å². The van der Waals surface area contributed by atoms with Crippen molar-refractivity contribution in [2.45, 2.75) is 103 Å². The highest BCUT2D eigenvalue weighted by Crippen LogP contribution is 2.10. The molecule has 28 heavy (non-hydrogen) atoms. The molecular formula is C23H47NO4. The van der Waals surface area contributed by atoms with Crippen molar-refractivity contribution in [3.63, 3.8) is 0 Å². The lowest BCUT2D eigenvalue weighted by Crippen LogP contribution is -2.37. The van der Waals surface area contributed by atoms with Gasteiger partial charge in [-0.1, -0.05) is 78.1 Å². The standard InChI is InChI=1S/C23H47NO4/c1-4-6-8-9-10-11-12-13-14-15-19-27-21-22(20-24(3)17-18-25)28-23(26)16-7-5-2/h22,25H,4-21H2,1-3H3. The molecule has 0 saturated carbocycles. The molecule has 0 saturated heterocycles. The van der Waals surface area contributed by atoms with Gasteiger partial charge in [0.25, 0.3) is 0 Å². The van der Waals surface area contributed by atoms with Gasteiger partial charge in [-0.25, -0.2) is 0 Å². The summed E-state index contributed by atoms with van der Waals surface area (Å²) in [6.45, 7) is 6.75. The molecule has 0 fully saturated rings. The fourth-order valence-corrected chi connectivity index (χ4v) is 3.21. The number of carbonyl (C=O) groups is 1. The van der Waals surface area contributed by atoms with E-state index in [-0.39, 0.29) is 18.7 Å². The molecule has 5 nitrogen and oxygen atoms in total. The average molecular weight is 402 g/mol. The first-order valence-corrected chi connectivity index (χ1v) is 11.7. The van der Waals surface area contributed by atoms with Crippen LogP contribution in [0, 0.1) is 0 Å². The summed E-state index contributed by atoms with van der Waals surface area (Å²) in [5.74, 6) is -0.146. The molecule has 5 heteroatoms.